The highest BCUT2D eigenvalue weighted by Gasteiger charge is 2.13. The summed E-state index contributed by atoms with van der Waals surface area (Å²) in [5, 5.41) is 12.1. The number of carbonyl (C=O) groups excluding carboxylic acids is 1. The van der Waals surface area contributed by atoms with Crippen molar-refractivity contribution in [2.75, 3.05) is 5.32 Å². The van der Waals surface area contributed by atoms with Gasteiger partial charge in [-0.3, -0.25) is 0 Å². The molecule has 0 aliphatic carbocycles. The van der Waals surface area contributed by atoms with E-state index in [-0.39, 0.29) is 12.2 Å². The Balaban J connectivity index is 1.69. The number of carboxylic acids is 1. The van der Waals surface area contributed by atoms with Crippen molar-refractivity contribution in [3.63, 3.8) is 0 Å². The zero-order chi connectivity index (χ0) is 18.4. The average molecular weight is 347 g/mol. The molecule has 0 aliphatic heterocycles. The van der Waals surface area contributed by atoms with Crippen LogP contribution in [0.15, 0.2) is 78.9 Å². The summed E-state index contributed by atoms with van der Waals surface area (Å²) in [7, 11) is 0. The fourth-order valence-corrected chi connectivity index (χ4v) is 2.42. The Morgan fingerprint density at radius 1 is 0.846 bits per heavy atom. The molecule has 0 fully saturated rings. The summed E-state index contributed by atoms with van der Waals surface area (Å²) in [6.07, 6.45) is 0. The third kappa shape index (κ3) is 4.27. The van der Waals surface area contributed by atoms with Crippen molar-refractivity contribution in [3.8, 4) is 0 Å². The minimum atomic E-state index is -0.991. The molecule has 0 aliphatic rings. The van der Waals surface area contributed by atoms with Crippen LogP contribution < -0.4 is 5.32 Å². The summed E-state index contributed by atoms with van der Waals surface area (Å²) in [6.45, 7) is 0.0679. The van der Waals surface area contributed by atoms with E-state index in [9.17, 15) is 9.59 Å². The molecule has 0 amide bonds. The van der Waals surface area contributed by atoms with Crippen LogP contribution >= 0.6 is 0 Å². The van der Waals surface area contributed by atoms with Crippen molar-refractivity contribution in [1.82, 2.24) is 0 Å². The van der Waals surface area contributed by atoms with Gasteiger partial charge in [-0.05, 0) is 42.0 Å². The van der Waals surface area contributed by atoms with Gasteiger partial charge < -0.3 is 15.2 Å². The first-order chi connectivity index (χ1) is 12.6. The summed E-state index contributed by atoms with van der Waals surface area (Å²) >= 11 is 0. The lowest BCUT2D eigenvalue weighted by atomic mass is 10.1. The Labute approximate surface area is 150 Å². The number of carboxylic acid groups (broad SMARTS) is 1. The van der Waals surface area contributed by atoms with E-state index in [1.54, 1.807) is 24.3 Å². The van der Waals surface area contributed by atoms with E-state index in [1.165, 1.54) is 12.1 Å². The van der Waals surface area contributed by atoms with Crippen LogP contribution in [-0.2, 0) is 11.3 Å². The van der Waals surface area contributed by atoms with Crippen LogP contribution in [0.2, 0.25) is 0 Å². The van der Waals surface area contributed by atoms with Gasteiger partial charge in [0.05, 0.1) is 16.8 Å². The molecule has 0 radical (unpaired) electrons. The van der Waals surface area contributed by atoms with Gasteiger partial charge in [0.25, 0.3) is 0 Å². The van der Waals surface area contributed by atoms with Gasteiger partial charge in [0.15, 0.2) is 0 Å². The summed E-state index contributed by atoms with van der Waals surface area (Å²) in [6, 6.07) is 22.9. The number of para-hydroxylation sites is 2. The lowest BCUT2D eigenvalue weighted by Gasteiger charge is -2.12. The normalized spacial score (nSPS) is 10.2. The molecule has 0 bridgehead atoms. The molecule has 5 heteroatoms. The monoisotopic (exact) mass is 347 g/mol. The van der Waals surface area contributed by atoms with Crippen LogP contribution in [0.1, 0.15) is 26.3 Å². The number of benzene rings is 3. The molecule has 130 valence electrons. The molecule has 26 heavy (non-hydrogen) atoms. The minimum Gasteiger partial charge on any atom is -0.478 e. The first-order valence-corrected chi connectivity index (χ1v) is 8.04. The number of aromatic carboxylic acids is 1. The van der Waals surface area contributed by atoms with Crippen molar-refractivity contribution < 1.29 is 19.4 Å². The lowest BCUT2D eigenvalue weighted by Crippen LogP contribution is -2.08. The summed E-state index contributed by atoms with van der Waals surface area (Å²) in [4.78, 5) is 23.3. The number of esters is 1. The summed E-state index contributed by atoms with van der Waals surface area (Å²) in [5.74, 6) is -1.44. The third-order valence-electron chi connectivity index (χ3n) is 3.77. The molecule has 2 N–H and O–H groups in total. The number of rotatable bonds is 6. The van der Waals surface area contributed by atoms with Gasteiger partial charge in [0.1, 0.15) is 6.61 Å². The first kappa shape index (κ1) is 17.2. The van der Waals surface area contributed by atoms with Gasteiger partial charge in [-0.1, -0.05) is 42.5 Å². The third-order valence-corrected chi connectivity index (χ3v) is 3.77. The van der Waals surface area contributed by atoms with Crippen molar-refractivity contribution >= 4 is 23.3 Å². The quantitative estimate of drug-likeness (QED) is 0.643. The number of carbonyl (C=O) groups is 2. The fraction of sp³-hybridized carbons (Fsp3) is 0.0476. The number of ether oxygens (including phenoxy) is 1. The predicted octanol–water partition coefficient (Wildman–Crippen LogP) is 4.49. The molecule has 3 aromatic carbocycles. The molecular weight excluding hydrogens is 330 g/mol. The van der Waals surface area contributed by atoms with Crippen LogP contribution in [0.4, 0.5) is 11.4 Å². The van der Waals surface area contributed by atoms with E-state index in [0.717, 1.165) is 11.3 Å². The Morgan fingerprint density at radius 3 is 2.19 bits per heavy atom. The first-order valence-electron chi connectivity index (χ1n) is 8.04. The van der Waals surface area contributed by atoms with E-state index in [4.69, 9.17) is 9.84 Å². The van der Waals surface area contributed by atoms with Gasteiger partial charge >= 0.3 is 11.9 Å². The number of nitrogens with one attached hydrogen (secondary N) is 1. The maximum atomic E-state index is 12.4. The fourth-order valence-electron chi connectivity index (χ4n) is 2.42. The maximum Gasteiger partial charge on any atom is 0.340 e. The molecule has 0 unspecified atom stereocenters. The van der Waals surface area contributed by atoms with E-state index in [0.29, 0.717) is 11.3 Å². The number of hydrogen-bond acceptors (Lipinski definition) is 4. The molecule has 0 aromatic heterocycles. The Bertz CT molecular complexity index is 905. The van der Waals surface area contributed by atoms with E-state index < -0.39 is 11.9 Å². The second kappa shape index (κ2) is 7.98. The molecule has 5 nitrogen and oxygen atoms in total. The number of anilines is 2. The topological polar surface area (TPSA) is 75.6 Å². The van der Waals surface area contributed by atoms with Crippen molar-refractivity contribution in [2.24, 2.45) is 0 Å². The Hall–Kier alpha value is -3.60. The van der Waals surface area contributed by atoms with Crippen molar-refractivity contribution in [1.29, 1.82) is 0 Å². The summed E-state index contributed by atoms with van der Waals surface area (Å²) in [5.41, 5.74) is 2.87. The van der Waals surface area contributed by atoms with Gasteiger partial charge in [-0.15, -0.1) is 0 Å². The summed E-state index contributed by atoms with van der Waals surface area (Å²) < 4.78 is 5.37. The van der Waals surface area contributed by atoms with E-state index >= 15 is 0 Å². The van der Waals surface area contributed by atoms with Crippen LogP contribution in [-0.4, -0.2) is 17.0 Å². The highest BCUT2D eigenvalue weighted by atomic mass is 16.5. The molecular formula is C21H17NO4. The van der Waals surface area contributed by atoms with Crippen LogP contribution in [0.5, 0.6) is 0 Å². The molecule has 0 atom stereocenters. The van der Waals surface area contributed by atoms with Crippen molar-refractivity contribution in [3.05, 3.63) is 95.6 Å². The largest absolute Gasteiger partial charge is 0.478 e. The lowest BCUT2D eigenvalue weighted by molar-refractivity contribution is 0.0473. The Kier molecular flexibility index (Phi) is 5.29. The Morgan fingerprint density at radius 2 is 1.50 bits per heavy atom. The zero-order valence-electron chi connectivity index (χ0n) is 13.9. The second-order valence-electron chi connectivity index (χ2n) is 5.61. The van der Waals surface area contributed by atoms with Gasteiger partial charge in [0.2, 0.25) is 0 Å². The van der Waals surface area contributed by atoms with E-state index in [1.807, 2.05) is 42.5 Å². The smallest absolute Gasteiger partial charge is 0.340 e. The van der Waals surface area contributed by atoms with Gasteiger partial charge in [-0.2, -0.15) is 0 Å². The molecule has 0 spiro atoms. The van der Waals surface area contributed by atoms with Crippen LogP contribution in [0, 0.1) is 0 Å². The predicted molar refractivity (Wildman–Crippen MR) is 98.7 cm³/mol. The van der Waals surface area contributed by atoms with Crippen LogP contribution in [0.3, 0.4) is 0 Å². The molecule has 3 aromatic rings. The average Bonchev–Trinajstić information content (AvgIpc) is 2.67. The SMILES string of the molecule is O=C(O)c1ccc(COC(=O)c2ccccc2Nc2ccccc2)cc1. The maximum absolute atomic E-state index is 12.4. The highest BCUT2D eigenvalue weighted by molar-refractivity contribution is 5.96. The highest BCUT2D eigenvalue weighted by Crippen LogP contribution is 2.21. The minimum absolute atomic E-state index is 0.0679. The van der Waals surface area contributed by atoms with Gasteiger partial charge in [0, 0.05) is 5.69 Å². The standard InChI is InChI=1S/C21H17NO4/c23-20(24)16-12-10-15(11-13-16)14-26-21(25)18-8-4-5-9-19(18)22-17-6-2-1-3-7-17/h1-13,22H,14H2,(H,23,24). The zero-order valence-corrected chi connectivity index (χ0v) is 13.9. The van der Waals surface area contributed by atoms with Gasteiger partial charge in [-0.25, -0.2) is 9.59 Å². The van der Waals surface area contributed by atoms with Crippen molar-refractivity contribution in [2.45, 2.75) is 6.61 Å². The molecule has 0 heterocycles. The molecule has 0 saturated heterocycles. The number of hydrogen-bond donors (Lipinski definition) is 2. The van der Waals surface area contributed by atoms with E-state index in [2.05, 4.69) is 5.32 Å². The second-order valence-corrected chi connectivity index (χ2v) is 5.61. The molecule has 0 saturated carbocycles. The van der Waals surface area contributed by atoms with Crippen LogP contribution in [0.25, 0.3) is 0 Å². The molecule has 3 rings (SSSR count).